The molecule has 7 aromatic heterocycles. The smallest absolute Gasteiger partial charge is 0.199 e. The van der Waals surface area contributed by atoms with Crippen LogP contribution in [0.1, 0.15) is 181 Å². The van der Waals surface area contributed by atoms with E-state index in [4.69, 9.17) is 24.7 Å². The van der Waals surface area contributed by atoms with Gasteiger partial charge in [0, 0.05) is 183 Å². The molecule has 0 radical (unpaired) electrons. The van der Waals surface area contributed by atoms with Gasteiger partial charge in [-0.05, 0) is 278 Å². The van der Waals surface area contributed by atoms with Crippen molar-refractivity contribution in [2.24, 2.45) is 49.3 Å². The van der Waals surface area contributed by atoms with Gasteiger partial charge in [0.05, 0.1) is 11.1 Å². The molecule has 0 N–H and O–H groups in total. The second kappa shape index (κ2) is 40.8. The standard InChI is InChI=1S/7C16H20N/c1-11-6-9-15(13(3)10-11)16-12(2)7-8-14(4)17(16)5;2*1-11-6-7-12(2)15(10-11)16-13(3)8-9-14(4)17(16)5;2*1-11-9-13(3)17(5)16(10-11)15-8-6-7-12(2)14(15)4;2*1-11-7-6-8-12(2)15(11)16-13(3)9-10-14(4)17(16)5/h7*6-10H,1-5H3/q7*+1/i1D3,4D3;4D3;;2D3,3D3;;4D3;. The molecule has 0 aliphatic heterocycles. The van der Waals surface area contributed by atoms with E-state index < -0.39 is 41.1 Å². The summed E-state index contributed by atoms with van der Waals surface area (Å²) in [7, 11) is 13.5. The molecular formula is C112H140N7+7. The van der Waals surface area contributed by atoms with Crippen molar-refractivity contribution in [1.29, 1.82) is 0 Å². The van der Waals surface area contributed by atoms with Crippen molar-refractivity contribution >= 4 is 0 Å². The van der Waals surface area contributed by atoms with Crippen molar-refractivity contribution < 1.29 is 56.6 Å². The molecule has 0 bridgehead atoms. The van der Waals surface area contributed by atoms with Gasteiger partial charge < -0.3 is 0 Å². The lowest BCUT2D eigenvalue weighted by atomic mass is 9.96. The second-order valence-corrected chi connectivity index (χ2v) is 32.5. The molecule has 14 rings (SSSR count). The fourth-order valence-electron chi connectivity index (χ4n) is 15.5. The minimum absolute atomic E-state index is 0.228. The van der Waals surface area contributed by atoms with Crippen LogP contribution < -0.4 is 32.0 Å². The van der Waals surface area contributed by atoms with Crippen LogP contribution in [0.15, 0.2) is 212 Å². The topological polar surface area (TPSA) is 27.2 Å². The Bertz CT molecular complexity index is 6740. The largest absolute Gasteiger partial charge is 0.215 e. The van der Waals surface area contributed by atoms with Crippen molar-refractivity contribution in [3.8, 4) is 78.8 Å². The second-order valence-electron chi connectivity index (χ2n) is 32.5. The van der Waals surface area contributed by atoms with Crippen LogP contribution in [-0.2, 0) is 49.3 Å². The first kappa shape index (κ1) is 69.5. The van der Waals surface area contributed by atoms with Crippen LogP contribution in [0.2, 0.25) is 0 Å². The van der Waals surface area contributed by atoms with Gasteiger partial charge in [0.15, 0.2) is 39.9 Å². The highest BCUT2D eigenvalue weighted by Crippen LogP contribution is 2.33. The first-order valence-electron chi connectivity index (χ1n) is 49.8. The summed E-state index contributed by atoms with van der Waals surface area (Å²) >= 11 is 0. The first-order valence-corrected chi connectivity index (χ1v) is 40.8. The molecule has 0 atom stereocenters. The molecule has 7 aromatic carbocycles. The Morgan fingerprint density at radius 1 is 0.176 bits per heavy atom. The number of hydrogen-bond acceptors (Lipinski definition) is 0. The van der Waals surface area contributed by atoms with E-state index in [0.717, 1.165) is 83.8 Å². The average molecular weight is 1600 g/mol. The summed E-state index contributed by atoms with van der Waals surface area (Å²) in [5.74, 6) is 0. The number of aryl methyl sites for hydroxylation is 26. The highest BCUT2D eigenvalue weighted by atomic mass is 15.0. The molecule has 7 heteroatoms. The molecule has 0 aliphatic rings. The maximum atomic E-state index is 7.69. The average Bonchev–Trinajstić information content (AvgIpc) is 0.775. The summed E-state index contributed by atoms with van der Waals surface area (Å²) in [4.78, 5) is 0. The molecule has 0 aliphatic carbocycles. The fraction of sp³-hybridized carbons (Fsp3) is 0.312. The van der Waals surface area contributed by atoms with Crippen molar-refractivity contribution in [2.75, 3.05) is 0 Å². The lowest BCUT2D eigenvalue weighted by Crippen LogP contribution is -2.35. The molecule has 14 aromatic rings. The first-order chi connectivity index (χ1) is 63.3. The summed E-state index contributed by atoms with van der Waals surface area (Å²) in [6.07, 6.45) is 0. The summed E-state index contributed by atoms with van der Waals surface area (Å²) in [6.45, 7) is 32.6. The predicted molar refractivity (Wildman–Crippen MR) is 504 cm³/mol. The van der Waals surface area contributed by atoms with Gasteiger partial charge >= 0.3 is 0 Å². The fourth-order valence-corrected chi connectivity index (χ4v) is 15.5. The zero-order valence-corrected chi connectivity index (χ0v) is 76.3. The monoisotopic (exact) mass is 1600 g/mol. The van der Waals surface area contributed by atoms with Crippen LogP contribution in [0, 0.1) is 193 Å². The maximum Gasteiger partial charge on any atom is 0.215 e. The van der Waals surface area contributed by atoms with Crippen molar-refractivity contribution in [1.82, 2.24) is 0 Å². The van der Waals surface area contributed by atoms with E-state index in [1.165, 1.54) is 106 Å². The van der Waals surface area contributed by atoms with Gasteiger partial charge in [-0.3, -0.25) is 0 Å². The Morgan fingerprint density at radius 2 is 0.487 bits per heavy atom. The van der Waals surface area contributed by atoms with E-state index in [2.05, 4.69) is 260 Å². The van der Waals surface area contributed by atoms with Gasteiger partial charge in [-0.2, -0.15) is 32.0 Å². The normalized spacial score (nSPS) is 13.5. The van der Waals surface area contributed by atoms with E-state index >= 15 is 0 Å². The highest BCUT2D eigenvalue weighted by Gasteiger charge is 2.25. The summed E-state index contributed by atoms with van der Waals surface area (Å²) in [5, 5.41) is 0. The maximum absolute atomic E-state index is 7.69. The van der Waals surface area contributed by atoms with Gasteiger partial charge in [0.25, 0.3) is 0 Å². The molecule has 0 saturated heterocycles. The molecule has 0 spiro atoms. The molecule has 0 saturated carbocycles. The third-order valence-corrected chi connectivity index (χ3v) is 23.2. The zero-order chi connectivity index (χ0) is 103. The summed E-state index contributed by atoms with van der Waals surface area (Å²) < 4.78 is 151. The van der Waals surface area contributed by atoms with Crippen LogP contribution in [0.4, 0.5) is 0 Å². The SMILES string of the molecule is Cc1cc(C)[n+](C)c(-c2cccc(C)c2C)c1.Cc1ccc(C)c(-c2c(C)ccc(C)[n+]2C)c1.Cc1cccc(C)c1-c1c(C)ccc(C)[n+]1C.[2H]C([2H])([2H])c1ccc(-c2c(C)ccc(C([2H])([2H])[2H])[n+]2C)c(C)c1.[2H]C([2H])([2H])c1ccc(C)c(-c2c(C)cccc2C)[n+]1C.[2H]C([2H])([2H])c1ccc(C)c(-c2cc(C)ccc2C)[n+]1C.[2H]C([2H])([2H])c1cccc(-c2cc(C)cc(C([2H])([2H])[2H])[n+]2C)c1C. The number of rotatable bonds is 7. The van der Waals surface area contributed by atoms with Crippen LogP contribution in [0.25, 0.3) is 78.8 Å². The van der Waals surface area contributed by atoms with Crippen LogP contribution in [0.3, 0.4) is 0 Å². The van der Waals surface area contributed by atoms with Crippen molar-refractivity contribution in [2.45, 2.75) is 193 Å². The van der Waals surface area contributed by atoms with Gasteiger partial charge in [-0.25, -0.2) is 0 Å². The molecule has 119 heavy (non-hydrogen) atoms. The van der Waals surface area contributed by atoms with Gasteiger partial charge in [-0.15, -0.1) is 0 Å². The lowest BCUT2D eigenvalue weighted by Gasteiger charge is -2.11. The van der Waals surface area contributed by atoms with E-state index in [1.807, 2.05) is 86.0 Å². The molecule has 7 heterocycles. The number of hydrogen-bond donors (Lipinski definition) is 0. The Balaban J connectivity index is 0.000000197. The van der Waals surface area contributed by atoms with Gasteiger partial charge in [-0.1, -0.05) is 114 Å². The zero-order valence-electron chi connectivity index (χ0n) is 94.3. The van der Waals surface area contributed by atoms with E-state index in [1.54, 1.807) is 100.0 Å². The minimum Gasteiger partial charge on any atom is -0.199 e. The molecule has 0 fully saturated rings. The van der Waals surface area contributed by atoms with Gasteiger partial charge in [0.2, 0.25) is 39.9 Å². The number of aromatic nitrogens is 7. The summed E-state index contributed by atoms with van der Waals surface area (Å²) in [5.41, 5.74) is 42.9. The van der Waals surface area contributed by atoms with Crippen LogP contribution >= 0.6 is 0 Å². The van der Waals surface area contributed by atoms with Crippen molar-refractivity contribution in [3.05, 3.63) is 369 Å². The van der Waals surface area contributed by atoms with E-state index in [9.17, 15) is 0 Å². The predicted octanol–water partition coefficient (Wildman–Crippen LogP) is 23.9. The molecule has 0 unspecified atom stereocenters. The van der Waals surface area contributed by atoms with Crippen LogP contribution in [0.5, 0.6) is 0 Å². The quantitative estimate of drug-likeness (QED) is 0.142. The Labute approximate surface area is 743 Å². The number of pyridine rings is 7. The molecule has 616 valence electrons. The minimum atomic E-state index is -2.23. The lowest BCUT2D eigenvalue weighted by molar-refractivity contribution is -0.667. The van der Waals surface area contributed by atoms with Crippen LogP contribution in [-0.4, -0.2) is 0 Å². The third-order valence-electron chi connectivity index (χ3n) is 23.2. The number of nitrogens with zero attached hydrogens (tertiary/aromatic N) is 7. The molecule has 7 nitrogen and oxygen atoms in total. The summed E-state index contributed by atoms with van der Waals surface area (Å²) in [6, 6.07) is 69.4. The van der Waals surface area contributed by atoms with E-state index in [-0.39, 0.29) is 22.5 Å². The molecular weight excluding hydrogens is 1440 g/mol. The Hall–Kier alpha value is -11.4. The van der Waals surface area contributed by atoms with E-state index in [0.29, 0.717) is 22.6 Å². The number of benzene rings is 7. The Kier molecular flexibility index (Phi) is 23.9. The third kappa shape index (κ3) is 22.3. The molecule has 0 amide bonds. The van der Waals surface area contributed by atoms with Crippen molar-refractivity contribution in [3.63, 3.8) is 0 Å². The Morgan fingerprint density at radius 3 is 0.882 bits per heavy atom. The highest BCUT2D eigenvalue weighted by molar-refractivity contribution is 5.71. The van der Waals surface area contributed by atoms with Gasteiger partial charge in [0.1, 0.15) is 49.3 Å².